The van der Waals surface area contributed by atoms with Crippen LogP contribution in [0.5, 0.6) is 5.75 Å². The molecule has 10 nitrogen and oxygen atoms in total. The number of fused-ring (bicyclic) bond motifs is 3. The molecule has 1 aromatic carbocycles. The number of hydrogen-bond donors (Lipinski definition) is 6. The molecule has 10 heteroatoms. The molecule has 1 amide bonds. The number of amides is 1. The number of likely N-dealkylation sites (N-methyl/N-ethyl adjacent to an activating group) is 1. The number of aliphatic hydroxyl groups excluding tert-OH is 2. The van der Waals surface area contributed by atoms with Crippen LogP contribution in [0.4, 0.5) is 0 Å². The van der Waals surface area contributed by atoms with Gasteiger partial charge in [-0.3, -0.25) is 19.3 Å². The first kappa shape index (κ1) is 22.0. The number of primary amides is 1. The van der Waals surface area contributed by atoms with Crippen LogP contribution in [-0.2, 0) is 15.2 Å². The molecule has 170 valence electrons. The summed E-state index contributed by atoms with van der Waals surface area (Å²) < 4.78 is 0. The van der Waals surface area contributed by atoms with Gasteiger partial charge in [0.15, 0.2) is 11.4 Å². The largest absolute Gasteiger partial charge is 0.510 e. The second-order valence-corrected chi connectivity index (χ2v) is 8.96. The fourth-order valence-electron chi connectivity index (χ4n) is 5.51. The van der Waals surface area contributed by atoms with Crippen LogP contribution in [0.1, 0.15) is 29.3 Å². The number of phenols is 1. The summed E-state index contributed by atoms with van der Waals surface area (Å²) in [7, 11) is 3.06. The molecule has 0 fully saturated rings. The van der Waals surface area contributed by atoms with Gasteiger partial charge < -0.3 is 31.3 Å². The average molecular weight is 444 g/mol. The van der Waals surface area contributed by atoms with E-state index in [1.807, 2.05) is 0 Å². The fraction of sp³-hybridized carbons (Fsp3) is 0.409. The number of carbonyl (C=O) groups is 3. The van der Waals surface area contributed by atoms with Crippen molar-refractivity contribution in [1.82, 2.24) is 4.90 Å². The lowest BCUT2D eigenvalue weighted by molar-refractivity contribution is -0.151. The summed E-state index contributed by atoms with van der Waals surface area (Å²) in [5.74, 6) is -7.89. The number of carbonyl (C=O) groups excluding carboxylic acids is 3. The van der Waals surface area contributed by atoms with Gasteiger partial charge in [0.2, 0.25) is 5.78 Å². The molecule has 1 aromatic rings. The quantitative estimate of drug-likeness (QED) is 0.336. The maximum Gasteiger partial charge on any atom is 0.255 e. The van der Waals surface area contributed by atoms with Gasteiger partial charge in [0.1, 0.15) is 22.8 Å². The molecule has 3 aliphatic carbocycles. The van der Waals surface area contributed by atoms with Crippen molar-refractivity contribution in [3.8, 4) is 5.75 Å². The molecule has 0 saturated carbocycles. The molecule has 0 spiro atoms. The Labute approximate surface area is 182 Å². The van der Waals surface area contributed by atoms with Crippen molar-refractivity contribution < 1.29 is 39.9 Å². The van der Waals surface area contributed by atoms with Crippen molar-refractivity contribution in [3.05, 3.63) is 52.0 Å². The summed E-state index contributed by atoms with van der Waals surface area (Å²) in [6, 6.07) is 3.05. The van der Waals surface area contributed by atoms with Gasteiger partial charge in [0.25, 0.3) is 5.91 Å². The molecule has 0 heterocycles. The Bertz CT molecular complexity index is 1150. The van der Waals surface area contributed by atoms with E-state index in [0.717, 1.165) is 0 Å². The highest BCUT2D eigenvalue weighted by Crippen LogP contribution is 2.56. The molecule has 0 radical (unpaired) electrons. The van der Waals surface area contributed by atoms with E-state index in [9.17, 15) is 39.9 Å². The maximum absolute atomic E-state index is 13.3. The van der Waals surface area contributed by atoms with Crippen molar-refractivity contribution in [2.24, 2.45) is 17.6 Å². The molecule has 32 heavy (non-hydrogen) atoms. The number of rotatable bonds is 2. The molecule has 0 aromatic heterocycles. The predicted octanol–water partition coefficient (Wildman–Crippen LogP) is -0.214. The molecule has 0 aliphatic heterocycles. The number of aromatic hydroxyl groups is 1. The minimum atomic E-state index is -2.75. The Kier molecular flexibility index (Phi) is 4.57. The van der Waals surface area contributed by atoms with Crippen molar-refractivity contribution >= 4 is 17.5 Å². The first-order valence-electron chi connectivity index (χ1n) is 9.97. The number of aliphatic hydroxyl groups is 4. The second kappa shape index (κ2) is 6.64. The van der Waals surface area contributed by atoms with E-state index in [-0.39, 0.29) is 17.5 Å². The van der Waals surface area contributed by atoms with Crippen molar-refractivity contribution in [3.63, 3.8) is 0 Å². The Morgan fingerprint density at radius 2 is 1.78 bits per heavy atom. The summed E-state index contributed by atoms with van der Waals surface area (Å²) in [6.07, 6.45) is -0.200. The van der Waals surface area contributed by atoms with Gasteiger partial charge in [0, 0.05) is 17.4 Å². The van der Waals surface area contributed by atoms with Gasteiger partial charge in [0.05, 0.1) is 17.2 Å². The Morgan fingerprint density at radius 1 is 1.16 bits per heavy atom. The zero-order valence-electron chi connectivity index (χ0n) is 17.7. The zero-order chi connectivity index (χ0) is 23.9. The Balaban J connectivity index is 2.05. The van der Waals surface area contributed by atoms with E-state index in [4.69, 9.17) is 5.73 Å². The minimum Gasteiger partial charge on any atom is -0.510 e. The van der Waals surface area contributed by atoms with Gasteiger partial charge in [-0.25, -0.2) is 0 Å². The summed E-state index contributed by atoms with van der Waals surface area (Å²) in [5, 5.41) is 55.0. The fourth-order valence-corrected chi connectivity index (χ4v) is 5.51. The highest BCUT2D eigenvalue weighted by Gasteiger charge is 2.65. The van der Waals surface area contributed by atoms with Crippen LogP contribution in [0.25, 0.3) is 0 Å². The molecule has 0 saturated heterocycles. The number of phenolic OH excluding ortho intramolecular Hbond substituents is 1. The lowest BCUT2D eigenvalue weighted by Crippen LogP contribution is -2.65. The molecular formula is C22H24N2O8. The SMILES string of the molecule is CN(C)C1C(O)=C(C(N)=O)C(=O)[C@@]2(O)C(O)=C3C(=O)c4c(O)cccc4C(C)(O)C3CC12. The van der Waals surface area contributed by atoms with Gasteiger partial charge in [-0.2, -0.15) is 0 Å². The van der Waals surface area contributed by atoms with Crippen molar-refractivity contribution in [1.29, 1.82) is 0 Å². The number of nitrogens with zero attached hydrogens (tertiary/aromatic N) is 1. The van der Waals surface area contributed by atoms with Gasteiger partial charge in [-0.1, -0.05) is 12.1 Å². The molecule has 4 unspecified atom stereocenters. The maximum atomic E-state index is 13.3. The zero-order valence-corrected chi connectivity index (χ0v) is 17.7. The lowest BCUT2D eigenvalue weighted by atomic mass is 9.55. The minimum absolute atomic E-state index is 0.135. The van der Waals surface area contributed by atoms with Crippen LogP contribution in [0.15, 0.2) is 40.9 Å². The summed E-state index contributed by atoms with van der Waals surface area (Å²) in [4.78, 5) is 39.9. The Morgan fingerprint density at radius 3 is 2.34 bits per heavy atom. The molecule has 7 N–H and O–H groups in total. The summed E-state index contributed by atoms with van der Waals surface area (Å²) in [5.41, 5.74) is -0.654. The van der Waals surface area contributed by atoms with E-state index in [0.29, 0.717) is 0 Å². The third-order valence-electron chi connectivity index (χ3n) is 7.02. The monoisotopic (exact) mass is 444 g/mol. The van der Waals surface area contributed by atoms with Gasteiger partial charge >= 0.3 is 0 Å². The smallest absolute Gasteiger partial charge is 0.255 e. The highest BCUT2D eigenvalue weighted by atomic mass is 16.3. The van der Waals surface area contributed by atoms with Crippen LogP contribution in [0.3, 0.4) is 0 Å². The molecule has 5 atom stereocenters. The lowest BCUT2D eigenvalue weighted by Gasteiger charge is -2.52. The van der Waals surface area contributed by atoms with E-state index < -0.39 is 75.0 Å². The van der Waals surface area contributed by atoms with Crippen LogP contribution < -0.4 is 5.73 Å². The van der Waals surface area contributed by atoms with E-state index >= 15 is 0 Å². The number of benzene rings is 1. The van der Waals surface area contributed by atoms with E-state index in [1.54, 1.807) is 0 Å². The Hall–Kier alpha value is -3.21. The topological polar surface area (TPSA) is 182 Å². The van der Waals surface area contributed by atoms with Crippen LogP contribution in [0.2, 0.25) is 0 Å². The normalized spacial score (nSPS) is 34.4. The standard InChI is InChI=1S/C22H24N2O8/c1-21(31)8-5-4-6-11(25)12(8)16(26)13-9(21)7-10-15(24(2)3)17(27)14(20(23)30)19(29)22(10,32)18(13)28/h4-6,9-10,15,25,27-28,31-32H,7H2,1-3H3,(H2,23,30)/t9?,10?,15?,21?,22-/m0/s1. The third-order valence-corrected chi connectivity index (χ3v) is 7.02. The summed E-state index contributed by atoms with van der Waals surface area (Å²) in [6.45, 7) is 1.40. The molecule has 0 bridgehead atoms. The summed E-state index contributed by atoms with van der Waals surface area (Å²) >= 11 is 0. The van der Waals surface area contributed by atoms with Crippen molar-refractivity contribution in [2.75, 3.05) is 14.1 Å². The van der Waals surface area contributed by atoms with Crippen LogP contribution >= 0.6 is 0 Å². The van der Waals surface area contributed by atoms with E-state index in [2.05, 4.69) is 0 Å². The van der Waals surface area contributed by atoms with Gasteiger partial charge in [-0.05, 0) is 39.1 Å². The molecule has 4 rings (SSSR count). The molecular weight excluding hydrogens is 420 g/mol. The van der Waals surface area contributed by atoms with E-state index in [1.165, 1.54) is 44.1 Å². The first-order valence-corrected chi connectivity index (χ1v) is 9.97. The number of nitrogens with two attached hydrogens (primary N) is 1. The number of hydrogen-bond acceptors (Lipinski definition) is 9. The highest BCUT2D eigenvalue weighted by molar-refractivity contribution is 6.24. The third kappa shape index (κ3) is 2.48. The first-order chi connectivity index (χ1) is 14.8. The predicted molar refractivity (Wildman–Crippen MR) is 110 cm³/mol. The molecule has 3 aliphatic rings. The second-order valence-electron chi connectivity index (χ2n) is 8.96. The van der Waals surface area contributed by atoms with Crippen LogP contribution in [0, 0.1) is 11.8 Å². The van der Waals surface area contributed by atoms with Crippen molar-refractivity contribution in [2.45, 2.75) is 30.6 Å². The number of ketones is 2. The average Bonchev–Trinajstić information content (AvgIpc) is 2.68. The number of Topliss-reactive ketones (excluding diaryl/α,β-unsaturated/α-hetero) is 2. The van der Waals surface area contributed by atoms with Crippen LogP contribution in [-0.4, -0.2) is 73.6 Å². The van der Waals surface area contributed by atoms with Gasteiger partial charge in [-0.15, -0.1) is 0 Å².